The molecule has 0 fully saturated rings. The highest BCUT2D eigenvalue weighted by Crippen LogP contribution is 2.12. The van der Waals surface area contributed by atoms with Crippen molar-refractivity contribution in [3.05, 3.63) is 24.0 Å². The second-order valence-corrected chi connectivity index (χ2v) is 5.78. The first-order valence-electron chi connectivity index (χ1n) is 7.02. The Morgan fingerprint density at radius 1 is 1.36 bits per heavy atom. The van der Waals surface area contributed by atoms with Gasteiger partial charge in [0, 0.05) is 6.20 Å². The molecule has 7 nitrogen and oxygen atoms in total. The lowest BCUT2D eigenvalue weighted by atomic mass is 10.2. The number of pyridine rings is 1. The van der Waals surface area contributed by atoms with Crippen LogP contribution >= 0.6 is 0 Å². The Kier molecular flexibility index (Phi) is 6.15. The smallest absolute Gasteiger partial charge is 0.407 e. The van der Waals surface area contributed by atoms with Gasteiger partial charge in [-0.2, -0.15) is 0 Å². The molecule has 0 aliphatic heterocycles. The molecule has 22 heavy (non-hydrogen) atoms. The SMILES string of the molecule is CC[C@@H](COc1cncc(C(=O)O)c1)NC(=O)OC(C)(C)C. The summed E-state index contributed by atoms with van der Waals surface area (Å²) in [5.74, 6) is -0.735. The van der Waals surface area contributed by atoms with Gasteiger partial charge in [-0.05, 0) is 33.3 Å². The fraction of sp³-hybridized carbons (Fsp3) is 0.533. The maximum atomic E-state index is 11.7. The van der Waals surface area contributed by atoms with E-state index < -0.39 is 17.7 Å². The third kappa shape index (κ3) is 6.43. The van der Waals surface area contributed by atoms with Gasteiger partial charge in [0.15, 0.2) is 0 Å². The molecule has 1 amide bonds. The Hall–Kier alpha value is -2.31. The van der Waals surface area contributed by atoms with Crippen LogP contribution in [0.4, 0.5) is 4.79 Å². The van der Waals surface area contributed by atoms with E-state index in [1.807, 2.05) is 6.92 Å². The highest BCUT2D eigenvalue weighted by atomic mass is 16.6. The van der Waals surface area contributed by atoms with Crippen LogP contribution in [0.5, 0.6) is 5.75 Å². The summed E-state index contributed by atoms with van der Waals surface area (Å²) in [6.07, 6.45) is 2.80. The standard InChI is InChI=1S/C15H22N2O5/c1-5-11(17-14(20)22-15(2,3)4)9-21-12-6-10(13(18)19)7-16-8-12/h6-8,11H,5,9H2,1-4H3,(H,17,20)(H,18,19)/t11-/m0/s1. The number of nitrogens with zero attached hydrogens (tertiary/aromatic N) is 1. The molecule has 0 aromatic carbocycles. The third-order valence-electron chi connectivity index (χ3n) is 2.62. The number of carboxylic acids is 1. The highest BCUT2D eigenvalue weighted by Gasteiger charge is 2.19. The van der Waals surface area contributed by atoms with E-state index in [1.165, 1.54) is 18.5 Å². The van der Waals surface area contributed by atoms with Crippen molar-refractivity contribution in [1.29, 1.82) is 0 Å². The second-order valence-electron chi connectivity index (χ2n) is 5.78. The maximum absolute atomic E-state index is 11.7. The Morgan fingerprint density at radius 3 is 2.59 bits per heavy atom. The van der Waals surface area contributed by atoms with Gasteiger partial charge in [-0.15, -0.1) is 0 Å². The average molecular weight is 310 g/mol. The molecule has 0 spiro atoms. The van der Waals surface area contributed by atoms with Crippen LogP contribution in [0.3, 0.4) is 0 Å². The summed E-state index contributed by atoms with van der Waals surface area (Å²) in [6, 6.07) is 1.14. The number of ether oxygens (including phenoxy) is 2. The van der Waals surface area contributed by atoms with Crippen molar-refractivity contribution in [3.8, 4) is 5.75 Å². The van der Waals surface area contributed by atoms with Crippen LogP contribution in [-0.2, 0) is 4.74 Å². The lowest BCUT2D eigenvalue weighted by molar-refractivity contribution is 0.0486. The first kappa shape index (κ1) is 17.7. The first-order valence-corrected chi connectivity index (χ1v) is 7.02. The Morgan fingerprint density at radius 2 is 2.05 bits per heavy atom. The second kappa shape index (κ2) is 7.63. The van der Waals surface area contributed by atoms with E-state index in [9.17, 15) is 9.59 Å². The van der Waals surface area contributed by atoms with Crippen molar-refractivity contribution in [1.82, 2.24) is 10.3 Å². The van der Waals surface area contributed by atoms with Crippen LogP contribution in [0.1, 0.15) is 44.5 Å². The summed E-state index contributed by atoms with van der Waals surface area (Å²) < 4.78 is 10.7. The van der Waals surface area contributed by atoms with E-state index in [4.69, 9.17) is 14.6 Å². The molecule has 0 aliphatic rings. The molecule has 0 unspecified atom stereocenters. The van der Waals surface area contributed by atoms with Crippen molar-refractivity contribution < 1.29 is 24.2 Å². The molecule has 2 N–H and O–H groups in total. The van der Waals surface area contributed by atoms with Gasteiger partial charge in [0.2, 0.25) is 0 Å². The van der Waals surface area contributed by atoms with Gasteiger partial charge in [0.25, 0.3) is 0 Å². The average Bonchev–Trinajstić information content (AvgIpc) is 2.41. The topological polar surface area (TPSA) is 97.8 Å². The van der Waals surface area contributed by atoms with Gasteiger partial charge in [-0.1, -0.05) is 6.92 Å². The number of hydrogen-bond acceptors (Lipinski definition) is 5. The van der Waals surface area contributed by atoms with Crippen LogP contribution in [-0.4, -0.2) is 40.4 Å². The molecule has 0 bridgehead atoms. The number of hydrogen-bond donors (Lipinski definition) is 2. The molecular formula is C15H22N2O5. The molecule has 1 aromatic rings. The van der Waals surface area contributed by atoms with Crippen LogP contribution < -0.4 is 10.1 Å². The number of rotatable bonds is 6. The molecule has 122 valence electrons. The predicted molar refractivity (Wildman–Crippen MR) is 80.1 cm³/mol. The Labute approximate surface area is 129 Å². The zero-order chi connectivity index (χ0) is 16.8. The number of carboxylic acid groups (broad SMARTS) is 1. The van der Waals surface area contributed by atoms with Gasteiger partial charge in [-0.3, -0.25) is 4.98 Å². The van der Waals surface area contributed by atoms with Gasteiger partial charge >= 0.3 is 12.1 Å². The zero-order valence-corrected chi connectivity index (χ0v) is 13.3. The van der Waals surface area contributed by atoms with E-state index in [0.29, 0.717) is 12.2 Å². The lowest BCUT2D eigenvalue weighted by Gasteiger charge is -2.23. The molecular weight excluding hydrogens is 288 g/mol. The summed E-state index contributed by atoms with van der Waals surface area (Å²) in [7, 11) is 0. The highest BCUT2D eigenvalue weighted by molar-refractivity contribution is 5.87. The Bertz CT molecular complexity index is 525. The van der Waals surface area contributed by atoms with Gasteiger partial charge in [-0.25, -0.2) is 9.59 Å². The minimum Gasteiger partial charge on any atom is -0.490 e. The summed E-state index contributed by atoms with van der Waals surface area (Å²) in [6.45, 7) is 7.45. The van der Waals surface area contributed by atoms with Crippen molar-refractivity contribution in [2.24, 2.45) is 0 Å². The van der Waals surface area contributed by atoms with Crippen molar-refractivity contribution in [2.45, 2.75) is 45.8 Å². The van der Waals surface area contributed by atoms with E-state index in [2.05, 4.69) is 10.3 Å². The number of nitrogens with one attached hydrogen (secondary N) is 1. The Balaban J connectivity index is 2.55. The van der Waals surface area contributed by atoms with Crippen molar-refractivity contribution in [2.75, 3.05) is 6.61 Å². The molecule has 1 heterocycles. The molecule has 0 saturated carbocycles. The summed E-state index contributed by atoms with van der Waals surface area (Å²) in [4.78, 5) is 26.4. The van der Waals surface area contributed by atoms with Gasteiger partial charge < -0.3 is 19.9 Å². The maximum Gasteiger partial charge on any atom is 0.407 e. The van der Waals surface area contributed by atoms with Crippen LogP contribution in [0.2, 0.25) is 0 Å². The summed E-state index contributed by atoms with van der Waals surface area (Å²) in [5.41, 5.74) is -0.520. The van der Waals surface area contributed by atoms with Gasteiger partial charge in [0.1, 0.15) is 18.0 Å². The fourth-order valence-electron chi connectivity index (χ4n) is 1.55. The molecule has 0 saturated heterocycles. The van der Waals surface area contributed by atoms with E-state index in [1.54, 1.807) is 20.8 Å². The number of alkyl carbamates (subject to hydrolysis) is 1. The van der Waals surface area contributed by atoms with Crippen LogP contribution in [0.25, 0.3) is 0 Å². The first-order chi connectivity index (χ1) is 10.2. The molecule has 1 rings (SSSR count). The number of amides is 1. The quantitative estimate of drug-likeness (QED) is 0.837. The normalized spacial score (nSPS) is 12.4. The van der Waals surface area contributed by atoms with E-state index >= 15 is 0 Å². The molecule has 1 aromatic heterocycles. The van der Waals surface area contributed by atoms with Crippen LogP contribution in [0.15, 0.2) is 18.5 Å². The third-order valence-corrected chi connectivity index (χ3v) is 2.62. The molecule has 7 heteroatoms. The minimum absolute atomic E-state index is 0.0469. The predicted octanol–water partition coefficient (Wildman–Crippen LogP) is 2.46. The number of carbonyl (C=O) groups excluding carboxylic acids is 1. The van der Waals surface area contributed by atoms with E-state index in [0.717, 1.165) is 0 Å². The lowest BCUT2D eigenvalue weighted by Crippen LogP contribution is -2.41. The van der Waals surface area contributed by atoms with E-state index in [-0.39, 0.29) is 18.2 Å². The largest absolute Gasteiger partial charge is 0.490 e. The minimum atomic E-state index is -1.07. The molecule has 1 atom stereocenters. The zero-order valence-electron chi connectivity index (χ0n) is 13.3. The molecule has 0 aliphatic carbocycles. The number of carbonyl (C=O) groups is 2. The van der Waals surface area contributed by atoms with Gasteiger partial charge in [0.05, 0.1) is 17.8 Å². The summed E-state index contributed by atoms with van der Waals surface area (Å²) in [5, 5.41) is 11.6. The fourth-order valence-corrected chi connectivity index (χ4v) is 1.55. The number of aromatic nitrogens is 1. The monoisotopic (exact) mass is 310 g/mol. The van der Waals surface area contributed by atoms with Crippen molar-refractivity contribution >= 4 is 12.1 Å². The van der Waals surface area contributed by atoms with Crippen LogP contribution in [0, 0.1) is 0 Å². The number of aromatic carboxylic acids is 1. The molecule has 0 radical (unpaired) electrons. The van der Waals surface area contributed by atoms with Crippen molar-refractivity contribution in [3.63, 3.8) is 0 Å². The summed E-state index contributed by atoms with van der Waals surface area (Å²) >= 11 is 0.